The molecule has 1 aromatic rings. The first-order valence-corrected chi connectivity index (χ1v) is 7.99. The second kappa shape index (κ2) is 8.25. The summed E-state index contributed by atoms with van der Waals surface area (Å²) in [6, 6.07) is 6.05. The normalized spacial score (nSPS) is 19.5. The molecule has 21 heavy (non-hydrogen) atoms. The molecule has 0 aromatic heterocycles. The molecular formula is C17H27NO3. The van der Waals surface area contributed by atoms with E-state index in [4.69, 9.17) is 19.9 Å². The summed E-state index contributed by atoms with van der Waals surface area (Å²) in [4.78, 5) is 0. The molecule has 0 spiro atoms. The Morgan fingerprint density at radius 2 is 1.90 bits per heavy atom. The number of nitrogens with two attached hydrogens (primary N) is 1. The monoisotopic (exact) mass is 293 g/mol. The van der Waals surface area contributed by atoms with Crippen molar-refractivity contribution in [3.05, 3.63) is 23.8 Å². The van der Waals surface area contributed by atoms with Crippen molar-refractivity contribution >= 4 is 0 Å². The zero-order valence-corrected chi connectivity index (χ0v) is 13.1. The second-order valence-corrected chi connectivity index (χ2v) is 5.55. The zero-order valence-electron chi connectivity index (χ0n) is 13.1. The summed E-state index contributed by atoms with van der Waals surface area (Å²) >= 11 is 0. The quantitative estimate of drug-likeness (QED) is 0.799. The van der Waals surface area contributed by atoms with Gasteiger partial charge in [0, 0.05) is 18.6 Å². The van der Waals surface area contributed by atoms with Crippen LogP contribution in [-0.4, -0.2) is 26.4 Å². The van der Waals surface area contributed by atoms with Gasteiger partial charge in [-0.2, -0.15) is 0 Å². The number of hydrogen-bond donors (Lipinski definition) is 1. The molecule has 1 saturated heterocycles. The van der Waals surface area contributed by atoms with Gasteiger partial charge in [0.2, 0.25) is 0 Å². The van der Waals surface area contributed by atoms with Crippen LogP contribution in [0.5, 0.6) is 11.5 Å². The van der Waals surface area contributed by atoms with Crippen molar-refractivity contribution < 1.29 is 14.2 Å². The highest BCUT2D eigenvalue weighted by atomic mass is 16.5. The van der Waals surface area contributed by atoms with Crippen molar-refractivity contribution in [3.8, 4) is 11.5 Å². The van der Waals surface area contributed by atoms with Crippen LogP contribution in [0.2, 0.25) is 0 Å². The van der Waals surface area contributed by atoms with E-state index in [0.717, 1.165) is 49.5 Å². The average Bonchev–Trinajstić information content (AvgIpc) is 3.04. The lowest BCUT2D eigenvalue weighted by molar-refractivity contribution is 0.181. The molecule has 0 saturated carbocycles. The van der Waals surface area contributed by atoms with E-state index in [0.29, 0.717) is 19.1 Å². The molecule has 2 atom stereocenters. The SMILES string of the molecule is CCCOc1ccc(C(N)C2CCOC2)cc1OCCC. The van der Waals surface area contributed by atoms with Gasteiger partial charge in [-0.15, -0.1) is 0 Å². The van der Waals surface area contributed by atoms with Crippen LogP contribution < -0.4 is 15.2 Å². The summed E-state index contributed by atoms with van der Waals surface area (Å²) in [5, 5.41) is 0. The van der Waals surface area contributed by atoms with Crippen LogP contribution in [0, 0.1) is 5.92 Å². The van der Waals surface area contributed by atoms with Gasteiger partial charge in [0.1, 0.15) is 0 Å². The minimum absolute atomic E-state index is 0.00305. The molecule has 1 heterocycles. The predicted molar refractivity (Wildman–Crippen MR) is 83.9 cm³/mol. The summed E-state index contributed by atoms with van der Waals surface area (Å²) < 4.78 is 17.0. The average molecular weight is 293 g/mol. The molecule has 0 aliphatic carbocycles. The van der Waals surface area contributed by atoms with Crippen molar-refractivity contribution in [3.63, 3.8) is 0 Å². The van der Waals surface area contributed by atoms with Gasteiger partial charge in [0.25, 0.3) is 0 Å². The van der Waals surface area contributed by atoms with Crippen LogP contribution in [0.3, 0.4) is 0 Å². The van der Waals surface area contributed by atoms with E-state index in [-0.39, 0.29) is 6.04 Å². The highest BCUT2D eigenvalue weighted by molar-refractivity contribution is 5.44. The van der Waals surface area contributed by atoms with Gasteiger partial charge >= 0.3 is 0 Å². The zero-order chi connectivity index (χ0) is 15.1. The molecule has 0 amide bonds. The van der Waals surface area contributed by atoms with Crippen LogP contribution in [0.4, 0.5) is 0 Å². The lowest BCUT2D eigenvalue weighted by Gasteiger charge is -2.20. The van der Waals surface area contributed by atoms with Crippen molar-refractivity contribution in [2.24, 2.45) is 11.7 Å². The fraction of sp³-hybridized carbons (Fsp3) is 0.647. The standard InChI is InChI=1S/C17H27NO3/c1-3-8-20-15-6-5-13(11-16(15)21-9-4-2)17(18)14-7-10-19-12-14/h5-6,11,14,17H,3-4,7-10,12,18H2,1-2H3. The Morgan fingerprint density at radius 1 is 1.19 bits per heavy atom. The summed E-state index contributed by atoms with van der Waals surface area (Å²) in [5.41, 5.74) is 7.47. The minimum atomic E-state index is -0.00305. The van der Waals surface area contributed by atoms with Gasteiger partial charge in [-0.1, -0.05) is 19.9 Å². The summed E-state index contributed by atoms with van der Waals surface area (Å²) in [5.74, 6) is 2.01. The maximum atomic E-state index is 6.37. The number of hydrogen-bond acceptors (Lipinski definition) is 4. The highest BCUT2D eigenvalue weighted by Crippen LogP contribution is 2.34. The Labute approximate surface area is 127 Å². The van der Waals surface area contributed by atoms with Gasteiger partial charge in [0.05, 0.1) is 19.8 Å². The minimum Gasteiger partial charge on any atom is -0.490 e. The first kappa shape index (κ1) is 16.1. The molecule has 2 N–H and O–H groups in total. The molecule has 0 bridgehead atoms. The lowest BCUT2D eigenvalue weighted by Crippen LogP contribution is -2.21. The Morgan fingerprint density at radius 3 is 2.52 bits per heavy atom. The van der Waals surface area contributed by atoms with Crippen LogP contribution in [-0.2, 0) is 4.74 Å². The molecule has 1 aromatic carbocycles. The number of benzene rings is 1. The fourth-order valence-electron chi connectivity index (χ4n) is 2.50. The number of rotatable bonds is 8. The van der Waals surface area contributed by atoms with E-state index in [1.807, 2.05) is 18.2 Å². The van der Waals surface area contributed by atoms with Gasteiger partial charge in [-0.05, 0) is 37.0 Å². The van der Waals surface area contributed by atoms with Crippen molar-refractivity contribution in [2.75, 3.05) is 26.4 Å². The topological polar surface area (TPSA) is 53.7 Å². The molecule has 118 valence electrons. The molecule has 2 unspecified atom stereocenters. The lowest BCUT2D eigenvalue weighted by atomic mass is 9.93. The van der Waals surface area contributed by atoms with Crippen LogP contribution in [0.25, 0.3) is 0 Å². The Balaban J connectivity index is 2.14. The van der Waals surface area contributed by atoms with Gasteiger partial charge in [-0.25, -0.2) is 0 Å². The molecule has 1 fully saturated rings. The van der Waals surface area contributed by atoms with E-state index in [1.165, 1.54) is 0 Å². The van der Waals surface area contributed by atoms with Crippen molar-refractivity contribution in [1.29, 1.82) is 0 Å². The summed E-state index contributed by atoms with van der Waals surface area (Å²) in [6.45, 7) is 7.14. The summed E-state index contributed by atoms with van der Waals surface area (Å²) in [6.07, 6.45) is 2.98. The Hall–Kier alpha value is -1.26. The summed E-state index contributed by atoms with van der Waals surface area (Å²) in [7, 11) is 0. The maximum Gasteiger partial charge on any atom is 0.161 e. The molecule has 4 nitrogen and oxygen atoms in total. The molecule has 4 heteroatoms. The van der Waals surface area contributed by atoms with Crippen LogP contribution in [0.1, 0.15) is 44.7 Å². The van der Waals surface area contributed by atoms with E-state index >= 15 is 0 Å². The predicted octanol–water partition coefficient (Wildman–Crippen LogP) is 3.30. The Kier molecular flexibility index (Phi) is 6.33. The largest absolute Gasteiger partial charge is 0.490 e. The van der Waals surface area contributed by atoms with E-state index in [2.05, 4.69) is 13.8 Å². The first-order chi connectivity index (χ1) is 10.3. The van der Waals surface area contributed by atoms with E-state index < -0.39 is 0 Å². The second-order valence-electron chi connectivity index (χ2n) is 5.55. The molecule has 0 radical (unpaired) electrons. The first-order valence-electron chi connectivity index (χ1n) is 7.99. The van der Waals surface area contributed by atoms with Gasteiger partial charge in [0.15, 0.2) is 11.5 Å². The van der Waals surface area contributed by atoms with Gasteiger partial charge < -0.3 is 19.9 Å². The smallest absolute Gasteiger partial charge is 0.161 e. The van der Waals surface area contributed by atoms with Crippen LogP contribution in [0.15, 0.2) is 18.2 Å². The van der Waals surface area contributed by atoms with Crippen LogP contribution >= 0.6 is 0 Å². The van der Waals surface area contributed by atoms with E-state index in [1.54, 1.807) is 0 Å². The molecule has 1 aliphatic rings. The van der Waals surface area contributed by atoms with E-state index in [9.17, 15) is 0 Å². The van der Waals surface area contributed by atoms with Crippen molar-refractivity contribution in [1.82, 2.24) is 0 Å². The third-order valence-corrected chi connectivity index (χ3v) is 3.75. The fourth-order valence-corrected chi connectivity index (χ4v) is 2.50. The number of ether oxygens (including phenoxy) is 3. The van der Waals surface area contributed by atoms with Crippen molar-refractivity contribution in [2.45, 2.75) is 39.2 Å². The molecule has 2 rings (SSSR count). The molecule has 1 aliphatic heterocycles. The third-order valence-electron chi connectivity index (χ3n) is 3.75. The third kappa shape index (κ3) is 4.35. The Bertz CT molecular complexity index is 430. The van der Waals surface area contributed by atoms with Gasteiger partial charge in [-0.3, -0.25) is 0 Å². The highest BCUT2D eigenvalue weighted by Gasteiger charge is 2.24. The molecular weight excluding hydrogens is 266 g/mol. The maximum absolute atomic E-state index is 6.37.